The predicted molar refractivity (Wildman–Crippen MR) is 246 cm³/mol. The Hall–Kier alpha value is -2.92. The fourth-order valence-electron chi connectivity index (χ4n) is 6.36. The maximum atomic E-state index is 12.2. The average Bonchev–Trinajstić information content (AvgIpc) is 3.21. The molecular formula is C52H88O5. The van der Waals surface area contributed by atoms with E-state index >= 15 is 0 Å². The van der Waals surface area contributed by atoms with Gasteiger partial charge in [0.25, 0.3) is 0 Å². The van der Waals surface area contributed by atoms with Gasteiger partial charge in [-0.1, -0.05) is 202 Å². The van der Waals surface area contributed by atoms with Crippen LogP contribution >= 0.6 is 0 Å². The third kappa shape index (κ3) is 45.7. The van der Waals surface area contributed by atoms with Gasteiger partial charge in [0.15, 0.2) is 6.10 Å². The fourth-order valence-corrected chi connectivity index (χ4v) is 6.36. The molecule has 0 saturated carbocycles. The van der Waals surface area contributed by atoms with Crippen LogP contribution in [-0.2, 0) is 19.1 Å². The average molecular weight is 793 g/mol. The highest BCUT2D eigenvalue weighted by molar-refractivity contribution is 5.70. The van der Waals surface area contributed by atoms with Crippen molar-refractivity contribution in [1.29, 1.82) is 0 Å². The van der Waals surface area contributed by atoms with E-state index in [-0.39, 0.29) is 25.2 Å². The Labute approximate surface area is 352 Å². The monoisotopic (exact) mass is 793 g/mol. The molecule has 0 fully saturated rings. The lowest BCUT2D eigenvalue weighted by Crippen LogP contribution is -2.28. The molecule has 0 heterocycles. The van der Waals surface area contributed by atoms with Crippen LogP contribution in [0.2, 0.25) is 0 Å². The van der Waals surface area contributed by atoms with Crippen LogP contribution < -0.4 is 0 Å². The second-order valence-corrected chi connectivity index (χ2v) is 15.4. The Morgan fingerprint density at radius 2 is 0.754 bits per heavy atom. The highest BCUT2D eigenvalue weighted by Crippen LogP contribution is 2.14. The Balaban J connectivity index is 3.53. The number of allylic oxidation sites excluding steroid dienone is 14. The second-order valence-electron chi connectivity index (χ2n) is 15.4. The lowest BCUT2D eigenvalue weighted by Gasteiger charge is -2.15. The molecule has 0 saturated heterocycles. The van der Waals surface area contributed by atoms with Gasteiger partial charge < -0.3 is 14.6 Å². The van der Waals surface area contributed by atoms with E-state index in [1.54, 1.807) is 0 Å². The van der Waals surface area contributed by atoms with Crippen LogP contribution in [0.1, 0.15) is 213 Å². The van der Waals surface area contributed by atoms with Gasteiger partial charge in [0.05, 0.1) is 6.61 Å². The van der Waals surface area contributed by atoms with Gasteiger partial charge in [-0.25, -0.2) is 0 Å². The maximum Gasteiger partial charge on any atom is 0.306 e. The van der Waals surface area contributed by atoms with Gasteiger partial charge in [-0.05, 0) is 83.5 Å². The summed E-state index contributed by atoms with van der Waals surface area (Å²) in [6.07, 6.45) is 65.2. The minimum absolute atomic E-state index is 0.0764. The number of hydrogen-bond donors (Lipinski definition) is 1. The third-order valence-electron chi connectivity index (χ3n) is 9.92. The van der Waals surface area contributed by atoms with E-state index in [4.69, 9.17) is 9.47 Å². The van der Waals surface area contributed by atoms with E-state index in [0.29, 0.717) is 12.8 Å². The van der Waals surface area contributed by atoms with Gasteiger partial charge in [-0.15, -0.1) is 0 Å². The zero-order valence-corrected chi connectivity index (χ0v) is 37.1. The Bertz CT molecular complexity index is 1080. The molecule has 1 unspecified atom stereocenters. The van der Waals surface area contributed by atoms with E-state index in [1.807, 2.05) is 0 Å². The van der Waals surface area contributed by atoms with Crippen molar-refractivity contribution in [3.8, 4) is 0 Å². The van der Waals surface area contributed by atoms with Crippen molar-refractivity contribution >= 4 is 11.9 Å². The molecule has 0 aliphatic heterocycles. The van der Waals surface area contributed by atoms with E-state index in [0.717, 1.165) is 83.5 Å². The number of rotatable bonds is 42. The summed E-state index contributed by atoms with van der Waals surface area (Å²) < 4.78 is 10.6. The van der Waals surface area contributed by atoms with E-state index in [9.17, 15) is 14.7 Å². The molecule has 1 N–H and O–H groups in total. The number of unbranched alkanes of at least 4 members (excludes halogenated alkanes) is 20. The zero-order chi connectivity index (χ0) is 41.4. The molecule has 5 heteroatoms. The van der Waals surface area contributed by atoms with Crippen molar-refractivity contribution in [2.45, 2.75) is 219 Å². The van der Waals surface area contributed by atoms with Crippen LogP contribution in [0.15, 0.2) is 85.1 Å². The molecule has 1 atom stereocenters. The van der Waals surface area contributed by atoms with Gasteiger partial charge in [-0.2, -0.15) is 0 Å². The lowest BCUT2D eigenvalue weighted by atomic mass is 10.0. The first kappa shape index (κ1) is 54.1. The molecule has 326 valence electrons. The highest BCUT2D eigenvalue weighted by Gasteiger charge is 2.16. The summed E-state index contributed by atoms with van der Waals surface area (Å²) in [5, 5.41) is 9.59. The van der Waals surface area contributed by atoms with Gasteiger partial charge in [0, 0.05) is 12.8 Å². The Morgan fingerprint density at radius 1 is 0.421 bits per heavy atom. The summed E-state index contributed by atoms with van der Waals surface area (Å²) in [6, 6.07) is 0. The number of aliphatic hydroxyl groups is 1. The van der Waals surface area contributed by atoms with Crippen LogP contribution in [0.3, 0.4) is 0 Å². The molecule has 0 amide bonds. The Kier molecular flexibility index (Phi) is 45.0. The minimum atomic E-state index is -0.782. The number of esters is 2. The van der Waals surface area contributed by atoms with Crippen LogP contribution in [0.4, 0.5) is 0 Å². The maximum absolute atomic E-state index is 12.2. The van der Waals surface area contributed by atoms with Gasteiger partial charge >= 0.3 is 11.9 Å². The normalized spacial score (nSPS) is 13.0. The molecule has 0 bridgehead atoms. The molecule has 0 spiro atoms. The van der Waals surface area contributed by atoms with Crippen molar-refractivity contribution in [2.75, 3.05) is 13.2 Å². The van der Waals surface area contributed by atoms with Gasteiger partial charge in [0.2, 0.25) is 0 Å². The summed E-state index contributed by atoms with van der Waals surface area (Å²) >= 11 is 0. The SMILES string of the molecule is CC/C=C\C/C=C\C/C=C\C/C=C\C/C=C\CCCCCCCCCCCCCCCC(=O)OC(CO)COC(=O)CCCCCCC/C=C\C/C=C\CCCC. The summed E-state index contributed by atoms with van der Waals surface area (Å²) in [6.45, 7) is 3.97. The molecular weight excluding hydrogens is 705 g/mol. The van der Waals surface area contributed by atoms with E-state index < -0.39 is 6.10 Å². The number of carbonyl (C=O) groups is 2. The molecule has 0 aromatic rings. The summed E-state index contributed by atoms with van der Waals surface area (Å²) in [5.74, 6) is -0.610. The molecule has 0 rings (SSSR count). The van der Waals surface area contributed by atoms with Crippen molar-refractivity contribution in [2.24, 2.45) is 0 Å². The summed E-state index contributed by atoms with van der Waals surface area (Å²) in [4.78, 5) is 24.4. The zero-order valence-electron chi connectivity index (χ0n) is 37.1. The van der Waals surface area contributed by atoms with Crippen LogP contribution in [0.25, 0.3) is 0 Å². The van der Waals surface area contributed by atoms with Gasteiger partial charge in [-0.3, -0.25) is 9.59 Å². The van der Waals surface area contributed by atoms with Crippen LogP contribution in [0.5, 0.6) is 0 Å². The van der Waals surface area contributed by atoms with Crippen LogP contribution in [0, 0.1) is 0 Å². The molecule has 5 nitrogen and oxygen atoms in total. The van der Waals surface area contributed by atoms with Crippen molar-refractivity contribution < 1.29 is 24.2 Å². The Morgan fingerprint density at radius 3 is 1.14 bits per heavy atom. The first-order chi connectivity index (χ1) is 28.1. The molecule has 0 radical (unpaired) electrons. The van der Waals surface area contributed by atoms with Crippen LogP contribution in [-0.4, -0.2) is 36.4 Å². The van der Waals surface area contributed by atoms with E-state index in [1.165, 1.54) is 103 Å². The summed E-state index contributed by atoms with van der Waals surface area (Å²) in [5.41, 5.74) is 0. The first-order valence-electron chi connectivity index (χ1n) is 23.6. The predicted octanol–water partition coefficient (Wildman–Crippen LogP) is 15.5. The lowest BCUT2D eigenvalue weighted by molar-refractivity contribution is -0.161. The smallest absolute Gasteiger partial charge is 0.306 e. The molecule has 0 aromatic heterocycles. The fraction of sp³-hybridized carbons (Fsp3) is 0.692. The second kappa shape index (κ2) is 47.5. The van der Waals surface area contributed by atoms with Crippen molar-refractivity contribution in [3.63, 3.8) is 0 Å². The first-order valence-corrected chi connectivity index (χ1v) is 23.6. The number of ether oxygens (including phenoxy) is 2. The molecule has 0 aliphatic carbocycles. The topological polar surface area (TPSA) is 72.8 Å². The molecule has 57 heavy (non-hydrogen) atoms. The van der Waals surface area contributed by atoms with Gasteiger partial charge in [0.1, 0.15) is 6.61 Å². The standard InChI is InChI=1S/C52H88O5/c1-3-5-7-9-11-13-15-17-19-20-21-22-23-24-25-26-27-28-29-30-31-32-33-35-37-39-41-43-45-47-52(55)57-50(48-53)49-56-51(54)46-44-42-40-38-36-34-18-16-14-12-10-8-6-4-2/h5,7,10-13,16-19,21-22,24-25,50,53H,3-4,6,8-9,14-15,20,23,26-49H2,1-2H3/b7-5-,12-10-,13-11-,18-16-,19-17-,22-21-,25-24-. The quantitative estimate of drug-likeness (QED) is 0.0379. The number of carbonyl (C=O) groups excluding carboxylic acids is 2. The molecule has 0 aromatic carbocycles. The largest absolute Gasteiger partial charge is 0.462 e. The minimum Gasteiger partial charge on any atom is -0.462 e. The highest BCUT2D eigenvalue weighted by atomic mass is 16.6. The molecule has 0 aliphatic rings. The van der Waals surface area contributed by atoms with Crippen molar-refractivity contribution in [1.82, 2.24) is 0 Å². The summed E-state index contributed by atoms with van der Waals surface area (Å²) in [7, 11) is 0. The van der Waals surface area contributed by atoms with Crippen molar-refractivity contribution in [3.05, 3.63) is 85.1 Å². The number of aliphatic hydroxyl groups excluding tert-OH is 1. The van der Waals surface area contributed by atoms with E-state index in [2.05, 4.69) is 98.9 Å². The number of hydrogen-bond acceptors (Lipinski definition) is 5. The third-order valence-corrected chi connectivity index (χ3v) is 9.92.